The maximum atomic E-state index is 12.2. The quantitative estimate of drug-likeness (QED) is 0.407. The summed E-state index contributed by atoms with van der Waals surface area (Å²) in [6.07, 6.45) is 3.95. The summed E-state index contributed by atoms with van der Waals surface area (Å²) in [4.78, 5) is 18.1. The topological polar surface area (TPSA) is 55.1 Å². The van der Waals surface area contributed by atoms with Crippen molar-refractivity contribution in [1.82, 2.24) is 10.3 Å². The molecule has 0 spiro atoms. The Kier molecular flexibility index (Phi) is 8.46. The lowest BCUT2D eigenvalue weighted by Crippen LogP contribution is -2.34. The van der Waals surface area contributed by atoms with Gasteiger partial charge in [-0.2, -0.15) is 0 Å². The molecule has 1 heterocycles. The molecule has 0 aliphatic rings. The van der Waals surface area contributed by atoms with Gasteiger partial charge >= 0.3 is 0 Å². The molecule has 1 N–H and O–H groups in total. The molecule has 2 aromatic carbocycles. The zero-order valence-electron chi connectivity index (χ0n) is 17.7. The van der Waals surface area contributed by atoms with Crippen LogP contribution >= 0.6 is 23.5 Å². The number of carbonyl (C=O) groups is 1. The number of nitrogens with one attached hydrogen (secondary N) is 1. The summed E-state index contributed by atoms with van der Waals surface area (Å²) < 4.78 is 5.84. The Morgan fingerprint density at radius 1 is 1.13 bits per heavy atom. The Morgan fingerprint density at radius 3 is 2.57 bits per heavy atom. The van der Waals surface area contributed by atoms with E-state index in [1.54, 1.807) is 23.5 Å². The summed E-state index contributed by atoms with van der Waals surface area (Å²) in [5.41, 5.74) is 3.17. The molecule has 158 valence electrons. The minimum atomic E-state index is 0.0644. The summed E-state index contributed by atoms with van der Waals surface area (Å²) in [5, 5.41) is 3.09. The molecule has 1 amide bonds. The molecule has 6 heteroatoms. The van der Waals surface area contributed by atoms with Crippen molar-refractivity contribution in [2.45, 2.75) is 43.4 Å². The Hall–Kier alpha value is -2.18. The second kappa shape index (κ2) is 11.3. The third-order valence-electron chi connectivity index (χ3n) is 4.82. The van der Waals surface area contributed by atoms with Gasteiger partial charge in [-0.1, -0.05) is 30.3 Å². The minimum absolute atomic E-state index is 0.0644. The van der Waals surface area contributed by atoms with E-state index in [9.17, 15) is 4.79 Å². The summed E-state index contributed by atoms with van der Waals surface area (Å²) in [6, 6.07) is 18.7. The maximum absolute atomic E-state index is 12.2. The van der Waals surface area contributed by atoms with Gasteiger partial charge in [-0.15, -0.1) is 23.5 Å². The smallest absolute Gasteiger partial charge is 0.230 e. The van der Waals surface area contributed by atoms with E-state index in [4.69, 9.17) is 4.42 Å². The Bertz CT molecular complexity index is 940. The van der Waals surface area contributed by atoms with Gasteiger partial charge in [0.2, 0.25) is 11.8 Å². The lowest BCUT2D eigenvalue weighted by Gasteiger charge is -2.13. The highest BCUT2D eigenvalue weighted by atomic mass is 32.2. The summed E-state index contributed by atoms with van der Waals surface area (Å²) >= 11 is 3.27. The van der Waals surface area contributed by atoms with E-state index in [0.29, 0.717) is 17.4 Å². The number of benzene rings is 2. The van der Waals surface area contributed by atoms with Gasteiger partial charge in [-0.05, 0) is 62.8 Å². The normalized spacial score (nSPS) is 12.0. The van der Waals surface area contributed by atoms with Crippen LogP contribution in [0.5, 0.6) is 0 Å². The van der Waals surface area contributed by atoms with Crippen molar-refractivity contribution in [1.29, 1.82) is 0 Å². The van der Waals surface area contributed by atoms with E-state index in [0.717, 1.165) is 29.9 Å². The molecule has 4 nitrogen and oxygen atoms in total. The molecule has 0 aliphatic heterocycles. The first-order valence-corrected chi connectivity index (χ1v) is 12.4. The molecule has 30 heavy (non-hydrogen) atoms. The van der Waals surface area contributed by atoms with Gasteiger partial charge in [0.1, 0.15) is 5.76 Å². The highest BCUT2D eigenvalue weighted by Gasteiger charge is 2.13. The van der Waals surface area contributed by atoms with Crippen molar-refractivity contribution in [2.24, 2.45) is 0 Å². The van der Waals surface area contributed by atoms with Crippen LogP contribution in [0.25, 0.3) is 11.5 Å². The van der Waals surface area contributed by atoms with Crippen LogP contribution in [0.15, 0.2) is 63.9 Å². The Morgan fingerprint density at radius 2 is 1.87 bits per heavy atom. The van der Waals surface area contributed by atoms with Crippen molar-refractivity contribution >= 4 is 29.4 Å². The van der Waals surface area contributed by atoms with Gasteiger partial charge in [-0.3, -0.25) is 4.79 Å². The lowest BCUT2D eigenvalue weighted by atomic mass is 10.1. The van der Waals surface area contributed by atoms with Crippen molar-refractivity contribution in [3.05, 3.63) is 71.6 Å². The van der Waals surface area contributed by atoms with Crippen LogP contribution in [0.2, 0.25) is 0 Å². The number of oxazole rings is 1. The molecule has 0 bridgehead atoms. The number of nitrogens with zero attached hydrogens (tertiary/aromatic N) is 1. The van der Waals surface area contributed by atoms with Crippen LogP contribution < -0.4 is 5.32 Å². The van der Waals surface area contributed by atoms with E-state index in [2.05, 4.69) is 47.7 Å². The fraction of sp³-hybridized carbons (Fsp3) is 0.333. The van der Waals surface area contributed by atoms with E-state index in [1.165, 1.54) is 10.5 Å². The van der Waals surface area contributed by atoms with Crippen LogP contribution in [-0.2, 0) is 17.0 Å². The van der Waals surface area contributed by atoms with Crippen molar-refractivity contribution < 1.29 is 9.21 Å². The standard InChI is InChI=1S/C24H28N2O2S2/c1-17(9-10-19-7-5-4-6-8-19)25-23(27)16-30-15-22-18(2)28-24(26-22)20-11-13-21(29-3)14-12-20/h4-8,11-14,17H,9-10,15-16H2,1-3H3,(H,25,27)/t17-/m1/s1. The second-order valence-electron chi connectivity index (χ2n) is 7.24. The monoisotopic (exact) mass is 440 g/mol. The van der Waals surface area contributed by atoms with Crippen molar-refractivity contribution in [2.75, 3.05) is 12.0 Å². The minimum Gasteiger partial charge on any atom is -0.441 e. The number of thioether (sulfide) groups is 2. The Labute approximate surface area is 187 Å². The summed E-state index contributed by atoms with van der Waals surface area (Å²) in [5.74, 6) is 2.58. The van der Waals surface area contributed by atoms with Gasteiger partial charge in [0.25, 0.3) is 0 Å². The van der Waals surface area contributed by atoms with Crippen LogP contribution in [0.3, 0.4) is 0 Å². The molecule has 0 saturated heterocycles. The van der Waals surface area contributed by atoms with Crippen LogP contribution in [-0.4, -0.2) is 28.9 Å². The van der Waals surface area contributed by atoms with E-state index in [1.807, 2.05) is 37.3 Å². The maximum Gasteiger partial charge on any atom is 0.230 e. The molecule has 0 fully saturated rings. The molecular weight excluding hydrogens is 412 g/mol. The van der Waals surface area contributed by atoms with E-state index >= 15 is 0 Å². The van der Waals surface area contributed by atoms with Crippen molar-refractivity contribution in [3.8, 4) is 11.5 Å². The predicted molar refractivity (Wildman–Crippen MR) is 127 cm³/mol. The average Bonchev–Trinajstić information content (AvgIpc) is 3.13. The highest BCUT2D eigenvalue weighted by molar-refractivity contribution is 7.99. The number of aryl methyl sites for hydroxylation is 2. The van der Waals surface area contributed by atoms with Crippen molar-refractivity contribution in [3.63, 3.8) is 0 Å². The molecule has 3 rings (SSSR count). The largest absolute Gasteiger partial charge is 0.441 e. The van der Waals surface area contributed by atoms with E-state index < -0.39 is 0 Å². The third-order valence-corrected chi connectivity index (χ3v) is 6.51. The average molecular weight is 441 g/mol. The molecule has 0 radical (unpaired) electrons. The summed E-state index contributed by atoms with van der Waals surface area (Å²) in [7, 11) is 0. The van der Waals surface area contributed by atoms with Crippen LogP contribution in [0.4, 0.5) is 0 Å². The molecule has 0 unspecified atom stereocenters. The number of amides is 1. The van der Waals surface area contributed by atoms with Gasteiger partial charge in [-0.25, -0.2) is 4.98 Å². The molecule has 3 aromatic rings. The first-order valence-electron chi connectivity index (χ1n) is 10.1. The first-order chi connectivity index (χ1) is 14.5. The molecular formula is C24H28N2O2S2. The predicted octanol–water partition coefficient (Wildman–Crippen LogP) is 5.74. The van der Waals surface area contributed by atoms with Crippen LogP contribution in [0, 0.1) is 6.92 Å². The molecule has 1 atom stereocenters. The van der Waals surface area contributed by atoms with E-state index in [-0.39, 0.29) is 11.9 Å². The molecule has 0 aliphatic carbocycles. The SMILES string of the molecule is CSc1ccc(-c2nc(CSCC(=O)N[C@H](C)CCc3ccccc3)c(C)o2)cc1. The van der Waals surface area contributed by atoms with Gasteiger partial charge in [0, 0.05) is 22.3 Å². The number of hydrogen-bond acceptors (Lipinski definition) is 5. The Balaban J connectivity index is 1.43. The second-order valence-corrected chi connectivity index (χ2v) is 9.10. The molecule has 1 aromatic heterocycles. The first kappa shape index (κ1) is 22.5. The molecule has 0 saturated carbocycles. The van der Waals surface area contributed by atoms with Gasteiger partial charge in [0.05, 0.1) is 11.4 Å². The number of hydrogen-bond donors (Lipinski definition) is 1. The van der Waals surface area contributed by atoms with Gasteiger partial charge in [0.15, 0.2) is 0 Å². The van der Waals surface area contributed by atoms with Crippen LogP contribution in [0.1, 0.15) is 30.4 Å². The lowest BCUT2D eigenvalue weighted by molar-refractivity contribution is -0.119. The zero-order valence-corrected chi connectivity index (χ0v) is 19.3. The fourth-order valence-electron chi connectivity index (χ4n) is 3.08. The number of rotatable bonds is 10. The third kappa shape index (κ3) is 6.67. The number of carbonyl (C=O) groups excluding carboxylic acids is 1. The van der Waals surface area contributed by atoms with Gasteiger partial charge < -0.3 is 9.73 Å². The highest BCUT2D eigenvalue weighted by Crippen LogP contribution is 2.26. The number of aromatic nitrogens is 1. The summed E-state index contributed by atoms with van der Waals surface area (Å²) in [6.45, 7) is 3.98. The fourth-order valence-corrected chi connectivity index (χ4v) is 4.32. The zero-order chi connectivity index (χ0) is 21.3.